The van der Waals surface area contributed by atoms with Crippen LogP contribution in [0.15, 0.2) is 18.3 Å². The maximum absolute atomic E-state index is 15.5. The van der Waals surface area contributed by atoms with E-state index in [4.69, 9.17) is 15.5 Å². The fourth-order valence-corrected chi connectivity index (χ4v) is 7.46. The fraction of sp³-hybridized carbons (Fsp3) is 0.469. The Morgan fingerprint density at radius 3 is 2.60 bits per heavy atom. The van der Waals surface area contributed by atoms with E-state index in [1.807, 2.05) is 6.20 Å². The predicted molar refractivity (Wildman–Crippen MR) is 176 cm³/mol. The zero-order valence-corrected chi connectivity index (χ0v) is 26.8. The summed E-state index contributed by atoms with van der Waals surface area (Å²) in [5, 5.41) is 12.4. The number of ether oxygens (including phenoxy) is 1. The molecule has 0 saturated carbocycles. The van der Waals surface area contributed by atoms with Crippen LogP contribution in [0.5, 0.6) is 0 Å². The number of unbranched alkanes of at least 4 members (excludes halogenated alkanes) is 2. The van der Waals surface area contributed by atoms with Crippen molar-refractivity contribution < 1.29 is 9.13 Å². The monoisotopic (exact) mass is 606 g/mol. The molecule has 0 aliphatic carbocycles. The van der Waals surface area contributed by atoms with E-state index in [-0.39, 0.29) is 0 Å². The van der Waals surface area contributed by atoms with Crippen molar-refractivity contribution in [3.05, 3.63) is 40.8 Å². The molecule has 1 unspecified atom stereocenters. The third-order valence-electron chi connectivity index (χ3n) is 8.12. The summed E-state index contributed by atoms with van der Waals surface area (Å²) in [6.45, 7) is 9.68. The topological polar surface area (TPSA) is 91.3 Å². The van der Waals surface area contributed by atoms with Crippen molar-refractivity contribution >= 4 is 57.8 Å². The number of anilines is 2. The summed E-state index contributed by atoms with van der Waals surface area (Å²) in [6, 6.07) is 5.30. The van der Waals surface area contributed by atoms with Crippen LogP contribution in [0.25, 0.3) is 32.1 Å². The molecule has 1 saturated heterocycles. The molecule has 1 fully saturated rings. The average Bonchev–Trinajstić information content (AvgIpc) is 3.75. The molecule has 2 aromatic carbocycles. The highest BCUT2D eigenvalue weighted by atomic mass is 32.1. The number of thiophene rings is 1. The van der Waals surface area contributed by atoms with Gasteiger partial charge in [-0.1, -0.05) is 26.7 Å². The third-order valence-corrected chi connectivity index (χ3v) is 9.66. The van der Waals surface area contributed by atoms with Gasteiger partial charge < -0.3 is 20.3 Å². The smallest absolute Gasteiger partial charge is 0.225 e. The van der Waals surface area contributed by atoms with Gasteiger partial charge in [0.25, 0.3) is 0 Å². The van der Waals surface area contributed by atoms with Crippen molar-refractivity contribution in [3.8, 4) is 17.2 Å². The van der Waals surface area contributed by atoms with Crippen molar-refractivity contribution in [2.45, 2.75) is 65.6 Å². The van der Waals surface area contributed by atoms with Gasteiger partial charge in [-0.2, -0.15) is 5.26 Å². The van der Waals surface area contributed by atoms with Gasteiger partial charge in [-0.25, -0.2) is 14.4 Å². The summed E-state index contributed by atoms with van der Waals surface area (Å²) in [5.41, 5.74) is 10.2. The van der Waals surface area contributed by atoms with E-state index in [1.165, 1.54) is 56.2 Å². The normalized spacial score (nSPS) is 14.5. The van der Waals surface area contributed by atoms with E-state index in [9.17, 15) is 5.26 Å². The number of nitrogen functional groups attached to an aromatic ring is 1. The summed E-state index contributed by atoms with van der Waals surface area (Å²) >= 11 is 1.30. The lowest BCUT2D eigenvalue weighted by Gasteiger charge is -2.19. The Hall–Kier alpha value is -2.89. The highest BCUT2D eigenvalue weighted by Crippen LogP contribution is 2.44. The van der Waals surface area contributed by atoms with Gasteiger partial charge in [0.2, 0.25) is 5.95 Å². The molecule has 1 atom stereocenters. The molecule has 7 nitrogen and oxygen atoms in total. The van der Waals surface area contributed by atoms with Crippen LogP contribution in [0.1, 0.15) is 69.1 Å². The van der Waals surface area contributed by atoms with E-state index in [0.29, 0.717) is 40.7 Å². The highest BCUT2D eigenvalue weighted by Gasteiger charge is 2.29. The minimum Gasteiger partial charge on any atom is -0.389 e. The van der Waals surface area contributed by atoms with Gasteiger partial charge in [-0.15, -0.1) is 20.6 Å². The Kier molecular flexibility index (Phi) is 9.90. The summed E-state index contributed by atoms with van der Waals surface area (Å²) in [7, 11) is 4.97. The Labute approximate surface area is 254 Å². The molecule has 0 amide bonds. The van der Waals surface area contributed by atoms with Crippen LogP contribution in [-0.2, 0) is 18.0 Å². The Morgan fingerprint density at radius 1 is 1.12 bits per heavy atom. The second-order valence-corrected chi connectivity index (χ2v) is 12.8. The largest absolute Gasteiger partial charge is 0.389 e. The molecule has 2 aromatic heterocycles. The summed E-state index contributed by atoms with van der Waals surface area (Å²) in [6.07, 6.45) is 9.48. The van der Waals surface area contributed by atoms with Crippen molar-refractivity contribution in [1.82, 2.24) is 14.9 Å². The Bertz CT molecular complexity index is 1630. The second-order valence-electron chi connectivity index (χ2n) is 11.1. The molecular weight excluding hydrogens is 566 g/mol. The average molecular weight is 607 g/mol. The minimum absolute atomic E-state index is 0.317. The molecule has 0 spiro atoms. The zero-order chi connectivity index (χ0) is 29.8. The minimum atomic E-state index is -0.391. The fourth-order valence-electron chi connectivity index (χ4n) is 5.99. The van der Waals surface area contributed by atoms with Crippen molar-refractivity contribution in [1.29, 1.82) is 5.26 Å². The van der Waals surface area contributed by atoms with Crippen molar-refractivity contribution in [3.63, 3.8) is 0 Å². The van der Waals surface area contributed by atoms with E-state index >= 15 is 4.39 Å². The molecule has 42 heavy (non-hydrogen) atoms. The van der Waals surface area contributed by atoms with E-state index in [1.54, 1.807) is 6.07 Å². The van der Waals surface area contributed by atoms with Crippen LogP contribution in [0.4, 0.5) is 15.3 Å². The van der Waals surface area contributed by atoms with Gasteiger partial charge >= 0.3 is 0 Å². The summed E-state index contributed by atoms with van der Waals surface area (Å²) in [5.74, 6) is 0.303. The predicted octanol–water partition coefficient (Wildman–Crippen LogP) is 6.75. The molecule has 10 heteroatoms. The van der Waals surface area contributed by atoms with Gasteiger partial charge in [0, 0.05) is 51.2 Å². The molecule has 2 aliphatic rings. The molecule has 2 aliphatic heterocycles. The molecule has 0 radical (unpaired) electrons. The summed E-state index contributed by atoms with van der Waals surface area (Å²) in [4.78, 5) is 14.1. The number of hydrogen-bond acceptors (Lipinski definition) is 8. The lowest BCUT2D eigenvalue weighted by atomic mass is 9.91. The van der Waals surface area contributed by atoms with Crippen molar-refractivity contribution in [2.75, 3.05) is 43.9 Å². The van der Waals surface area contributed by atoms with Crippen LogP contribution < -0.4 is 15.9 Å². The van der Waals surface area contributed by atoms with Gasteiger partial charge in [-0.3, -0.25) is 0 Å². The SMILES string of the molecule is CCCCCN(C)CCC.N#Cc1c(N)sc2ccc(F)c(-c3c4c(c5cnc(N6CCCC6)nc5c3P)COC4)c12. The maximum atomic E-state index is 15.5. The number of nitrogens with two attached hydrogens (primary N) is 1. The molecule has 4 aromatic rings. The number of rotatable bonds is 8. The molecule has 4 heterocycles. The Balaban J connectivity index is 0.000000305. The first-order valence-electron chi connectivity index (χ1n) is 14.9. The molecule has 222 valence electrons. The maximum Gasteiger partial charge on any atom is 0.225 e. The quantitative estimate of drug-likeness (QED) is 0.175. The number of nitrogens with zero attached hydrogens (tertiary/aromatic N) is 5. The van der Waals surface area contributed by atoms with E-state index in [0.717, 1.165) is 63.5 Å². The lowest BCUT2D eigenvalue weighted by Crippen LogP contribution is -2.21. The molecule has 6 rings (SSSR count). The van der Waals surface area contributed by atoms with Gasteiger partial charge in [0.05, 0.1) is 24.3 Å². The number of hydrogen-bond donors (Lipinski definition) is 1. The Morgan fingerprint density at radius 2 is 1.88 bits per heavy atom. The van der Waals surface area contributed by atoms with Crippen LogP contribution in [0, 0.1) is 17.1 Å². The zero-order valence-electron chi connectivity index (χ0n) is 24.8. The first-order chi connectivity index (χ1) is 20.4. The van der Waals surface area contributed by atoms with Gasteiger partial charge in [0.1, 0.15) is 16.9 Å². The summed E-state index contributed by atoms with van der Waals surface area (Å²) < 4.78 is 22.1. The number of benzene rings is 2. The second kappa shape index (κ2) is 13.6. The van der Waals surface area contributed by atoms with Crippen LogP contribution >= 0.6 is 20.6 Å². The lowest BCUT2D eigenvalue weighted by molar-refractivity contribution is 0.135. The highest BCUT2D eigenvalue weighted by molar-refractivity contribution is 7.29. The standard InChI is InChI=1S/C23H19FN5OPS.C9H21N/c24-15-3-4-16-17(11(7-25)22(26)32-16)19(15)18-14-10-30-9-13(14)12-8-27-23(28-20(12)21(18)31)29-5-1-2-6-29;1-4-6-7-9-10(3)8-5-2/h3-4,8H,1-2,5-6,9-10,26,31H2;4-9H2,1-3H3. The number of halogens is 1. The van der Waals surface area contributed by atoms with E-state index in [2.05, 4.69) is 51.0 Å². The molecular formula is C32H40FN6OPS. The van der Waals surface area contributed by atoms with Gasteiger partial charge in [0.15, 0.2) is 0 Å². The molecule has 2 N–H and O–H groups in total. The van der Waals surface area contributed by atoms with Crippen LogP contribution in [-0.4, -0.2) is 48.1 Å². The van der Waals surface area contributed by atoms with E-state index < -0.39 is 5.82 Å². The third kappa shape index (κ3) is 5.96. The van der Waals surface area contributed by atoms with Crippen LogP contribution in [0.2, 0.25) is 0 Å². The van der Waals surface area contributed by atoms with Gasteiger partial charge in [-0.05, 0) is 69.1 Å². The van der Waals surface area contributed by atoms with Crippen molar-refractivity contribution in [2.24, 2.45) is 0 Å². The number of nitriles is 1. The first-order valence-corrected chi connectivity index (χ1v) is 16.3. The number of fused-ring (bicyclic) bond motifs is 4. The van der Waals surface area contributed by atoms with Crippen LogP contribution in [0.3, 0.4) is 0 Å². The molecule has 0 bridgehead atoms. The first kappa shape index (κ1) is 30.6. The number of aromatic nitrogens is 2.